The van der Waals surface area contributed by atoms with Crippen LogP contribution < -0.4 is 10.1 Å². The van der Waals surface area contributed by atoms with Gasteiger partial charge in [0.05, 0.1) is 17.9 Å². The van der Waals surface area contributed by atoms with Crippen LogP contribution in [0, 0.1) is 20.8 Å². The van der Waals surface area contributed by atoms with Crippen molar-refractivity contribution in [1.82, 2.24) is 4.57 Å². The Kier molecular flexibility index (Phi) is 7.28. The Labute approximate surface area is 222 Å². The van der Waals surface area contributed by atoms with Gasteiger partial charge >= 0.3 is 0 Å². The molecule has 0 atom stereocenters. The predicted molar refractivity (Wildman–Crippen MR) is 154 cm³/mol. The first-order chi connectivity index (χ1) is 17.9. The number of ether oxygens (including phenoxy) is 1. The van der Waals surface area contributed by atoms with Crippen LogP contribution in [0.25, 0.3) is 5.00 Å². The molecule has 0 saturated carbocycles. The average molecular weight is 512 g/mol. The second kappa shape index (κ2) is 10.8. The third-order valence-electron chi connectivity index (χ3n) is 6.84. The van der Waals surface area contributed by atoms with Gasteiger partial charge in [0.2, 0.25) is 0 Å². The lowest BCUT2D eigenvalue weighted by atomic mass is 9.95. The minimum Gasteiger partial charge on any atom is -0.494 e. The molecule has 5 rings (SSSR count). The Balaban J connectivity index is 1.52. The first kappa shape index (κ1) is 25.0. The van der Waals surface area contributed by atoms with Crippen LogP contribution in [0.15, 0.2) is 59.6 Å². The Morgan fingerprint density at radius 3 is 2.65 bits per heavy atom. The fourth-order valence-electron chi connectivity index (χ4n) is 4.97. The van der Waals surface area contributed by atoms with Crippen molar-refractivity contribution in [3.05, 3.63) is 93.1 Å². The van der Waals surface area contributed by atoms with Gasteiger partial charge in [0.1, 0.15) is 10.8 Å². The molecule has 0 unspecified atom stereocenters. The van der Waals surface area contributed by atoms with E-state index in [0.717, 1.165) is 63.9 Å². The zero-order chi connectivity index (χ0) is 25.9. The molecule has 2 aromatic carbocycles. The minimum absolute atomic E-state index is 0.0336. The van der Waals surface area contributed by atoms with Gasteiger partial charge in [-0.15, -0.1) is 11.3 Å². The summed E-state index contributed by atoms with van der Waals surface area (Å²) >= 11 is 1.76. The number of aliphatic imine (C=N–C) groups is 1. The van der Waals surface area contributed by atoms with Crippen LogP contribution in [0.2, 0.25) is 0 Å². The predicted octanol–water partition coefficient (Wildman–Crippen LogP) is 7.74. The number of amides is 1. The summed E-state index contributed by atoms with van der Waals surface area (Å²) in [5.41, 5.74) is 8.07. The molecule has 1 aliphatic carbocycles. The summed E-state index contributed by atoms with van der Waals surface area (Å²) in [4.78, 5) is 19.8. The number of rotatable bonds is 7. The fraction of sp³-hybridized carbons (Fsp3) is 0.290. The number of carbonyl (C=O) groups excluding carboxylic acids is 1. The quantitative estimate of drug-likeness (QED) is 0.258. The van der Waals surface area contributed by atoms with Crippen molar-refractivity contribution >= 4 is 34.8 Å². The molecule has 6 heteroatoms. The highest BCUT2D eigenvalue weighted by Crippen LogP contribution is 2.39. The van der Waals surface area contributed by atoms with Gasteiger partial charge in [-0.2, -0.15) is 0 Å². The summed E-state index contributed by atoms with van der Waals surface area (Å²) in [5.74, 6) is 0.782. The van der Waals surface area contributed by atoms with Crippen molar-refractivity contribution in [3.8, 4) is 10.8 Å². The number of thiophene rings is 1. The van der Waals surface area contributed by atoms with Crippen LogP contribution in [-0.4, -0.2) is 23.3 Å². The van der Waals surface area contributed by atoms with E-state index >= 15 is 0 Å². The Bertz CT molecular complexity index is 1460. The SMILES string of the molecule is CCOc1cccc(N=Cc2cc(C)n(-c3sc4c(c3C(=O)Nc3ccc(C)cc3)CCCC4)c2C)c1. The van der Waals surface area contributed by atoms with Crippen LogP contribution in [0.3, 0.4) is 0 Å². The van der Waals surface area contributed by atoms with Gasteiger partial charge in [-0.1, -0.05) is 23.8 Å². The molecule has 0 fully saturated rings. The number of carbonyl (C=O) groups is 1. The third-order valence-corrected chi connectivity index (χ3v) is 8.12. The fourth-order valence-corrected chi connectivity index (χ4v) is 6.47. The van der Waals surface area contributed by atoms with E-state index < -0.39 is 0 Å². The zero-order valence-corrected chi connectivity index (χ0v) is 22.7. The summed E-state index contributed by atoms with van der Waals surface area (Å²) in [6.07, 6.45) is 6.19. The van der Waals surface area contributed by atoms with E-state index in [1.807, 2.05) is 68.6 Å². The first-order valence-corrected chi connectivity index (χ1v) is 13.7. The maximum Gasteiger partial charge on any atom is 0.258 e. The smallest absolute Gasteiger partial charge is 0.258 e. The number of fused-ring (bicyclic) bond motifs is 1. The summed E-state index contributed by atoms with van der Waals surface area (Å²) in [6.45, 7) is 8.85. The van der Waals surface area contributed by atoms with Crippen LogP contribution >= 0.6 is 11.3 Å². The normalized spacial score (nSPS) is 13.1. The Morgan fingerprint density at radius 2 is 1.86 bits per heavy atom. The van der Waals surface area contributed by atoms with Crippen LogP contribution in [0.1, 0.15) is 63.1 Å². The van der Waals surface area contributed by atoms with E-state index in [4.69, 9.17) is 9.73 Å². The topological polar surface area (TPSA) is 55.6 Å². The molecule has 2 heterocycles. The summed E-state index contributed by atoms with van der Waals surface area (Å²) in [7, 11) is 0. The molecule has 0 saturated heterocycles. The lowest BCUT2D eigenvalue weighted by molar-refractivity contribution is 0.102. The van der Waals surface area contributed by atoms with Crippen LogP contribution in [-0.2, 0) is 12.8 Å². The molecule has 37 heavy (non-hydrogen) atoms. The molecule has 5 nitrogen and oxygen atoms in total. The van der Waals surface area contributed by atoms with Gasteiger partial charge < -0.3 is 14.6 Å². The second-order valence-corrected chi connectivity index (χ2v) is 10.6. The molecule has 4 aromatic rings. The molecule has 1 amide bonds. The van der Waals surface area contributed by atoms with Gasteiger partial charge in [0.25, 0.3) is 5.91 Å². The van der Waals surface area contributed by atoms with Crippen molar-refractivity contribution in [2.45, 2.75) is 53.4 Å². The molecular formula is C31H33N3O2S. The minimum atomic E-state index is -0.0336. The standard InChI is InChI=1S/C31H33N3O2S/c1-5-36-26-10-8-9-25(18-26)32-19-23-17-21(3)34(22(23)4)31-29(27-11-6-7-12-28(27)37-31)30(35)33-24-15-13-20(2)14-16-24/h8-10,13-19H,5-7,11-12H2,1-4H3,(H,33,35). The monoisotopic (exact) mass is 511 g/mol. The number of hydrogen-bond acceptors (Lipinski definition) is 4. The number of aromatic nitrogens is 1. The molecule has 0 spiro atoms. The van der Waals surface area contributed by atoms with Gasteiger partial charge in [-0.25, -0.2) is 0 Å². The molecule has 190 valence electrons. The highest BCUT2D eigenvalue weighted by molar-refractivity contribution is 7.15. The van der Waals surface area contributed by atoms with E-state index in [2.05, 4.69) is 29.8 Å². The molecule has 0 bridgehead atoms. The highest BCUT2D eigenvalue weighted by Gasteiger charge is 2.28. The van der Waals surface area contributed by atoms with Gasteiger partial charge in [-0.05, 0) is 89.3 Å². The number of aryl methyl sites for hydroxylation is 3. The van der Waals surface area contributed by atoms with Crippen molar-refractivity contribution in [2.24, 2.45) is 4.99 Å². The van der Waals surface area contributed by atoms with Gasteiger partial charge in [-0.3, -0.25) is 9.79 Å². The van der Waals surface area contributed by atoms with E-state index in [-0.39, 0.29) is 5.91 Å². The number of nitrogens with one attached hydrogen (secondary N) is 1. The molecular weight excluding hydrogens is 478 g/mol. The lowest BCUT2D eigenvalue weighted by Crippen LogP contribution is -2.17. The zero-order valence-electron chi connectivity index (χ0n) is 21.9. The van der Waals surface area contributed by atoms with Crippen LogP contribution in [0.4, 0.5) is 11.4 Å². The molecule has 0 aliphatic heterocycles. The van der Waals surface area contributed by atoms with E-state index in [1.165, 1.54) is 22.4 Å². The largest absolute Gasteiger partial charge is 0.494 e. The maximum absolute atomic E-state index is 13.7. The number of nitrogens with zero attached hydrogens (tertiary/aromatic N) is 2. The summed E-state index contributed by atoms with van der Waals surface area (Å²) < 4.78 is 7.84. The van der Waals surface area contributed by atoms with Gasteiger partial charge in [0, 0.05) is 39.8 Å². The molecule has 1 aliphatic rings. The number of benzene rings is 2. The second-order valence-electron chi connectivity index (χ2n) is 9.56. The van der Waals surface area contributed by atoms with Crippen molar-refractivity contribution in [3.63, 3.8) is 0 Å². The molecule has 2 aromatic heterocycles. The van der Waals surface area contributed by atoms with Crippen molar-refractivity contribution in [1.29, 1.82) is 0 Å². The van der Waals surface area contributed by atoms with Crippen molar-refractivity contribution < 1.29 is 9.53 Å². The van der Waals surface area contributed by atoms with E-state index in [9.17, 15) is 4.79 Å². The van der Waals surface area contributed by atoms with E-state index in [1.54, 1.807) is 11.3 Å². The summed E-state index contributed by atoms with van der Waals surface area (Å²) in [5, 5.41) is 4.16. The molecule has 0 radical (unpaired) electrons. The lowest BCUT2D eigenvalue weighted by Gasteiger charge is -2.14. The third kappa shape index (κ3) is 5.25. The number of anilines is 1. The van der Waals surface area contributed by atoms with E-state index in [0.29, 0.717) is 6.61 Å². The number of hydrogen-bond donors (Lipinski definition) is 1. The Hall–Kier alpha value is -3.64. The molecule has 1 N–H and O–H groups in total. The first-order valence-electron chi connectivity index (χ1n) is 12.9. The van der Waals surface area contributed by atoms with Crippen LogP contribution in [0.5, 0.6) is 5.75 Å². The highest BCUT2D eigenvalue weighted by atomic mass is 32.1. The average Bonchev–Trinajstić information content (AvgIpc) is 3.40. The van der Waals surface area contributed by atoms with Crippen molar-refractivity contribution in [2.75, 3.05) is 11.9 Å². The van der Waals surface area contributed by atoms with Gasteiger partial charge in [0.15, 0.2) is 0 Å². The Morgan fingerprint density at radius 1 is 1.08 bits per heavy atom. The maximum atomic E-state index is 13.7. The summed E-state index contributed by atoms with van der Waals surface area (Å²) in [6, 6.07) is 17.9.